The second kappa shape index (κ2) is 10.1. The van der Waals surface area contributed by atoms with Gasteiger partial charge in [0.15, 0.2) is 5.75 Å². The molecule has 9 heteroatoms. The van der Waals surface area contributed by atoms with E-state index in [0.717, 1.165) is 5.69 Å². The van der Waals surface area contributed by atoms with Gasteiger partial charge >= 0.3 is 0 Å². The lowest BCUT2D eigenvalue weighted by atomic mass is 9.99. The van der Waals surface area contributed by atoms with Gasteiger partial charge in [-0.05, 0) is 31.2 Å². The van der Waals surface area contributed by atoms with Crippen LogP contribution in [0.1, 0.15) is 24.2 Å². The molecule has 0 radical (unpaired) electrons. The van der Waals surface area contributed by atoms with E-state index in [1.807, 2.05) is 32.0 Å². The third-order valence-corrected chi connectivity index (χ3v) is 7.88. The van der Waals surface area contributed by atoms with Gasteiger partial charge in [0, 0.05) is 33.6 Å². The molecule has 3 atom stereocenters. The van der Waals surface area contributed by atoms with Gasteiger partial charge in [0.05, 0.1) is 35.3 Å². The fourth-order valence-corrected chi connectivity index (χ4v) is 5.13. The number of fused-ring (bicyclic) bond motifs is 1. The summed E-state index contributed by atoms with van der Waals surface area (Å²) in [5.41, 5.74) is 1.12. The van der Waals surface area contributed by atoms with E-state index in [2.05, 4.69) is 0 Å². The highest BCUT2D eigenvalue weighted by Crippen LogP contribution is 2.36. The molecule has 180 valence electrons. The van der Waals surface area contributed by atoms with E-state index >= 15 is 0 Å². The summed E-state index contributed by atoms with van der Waals surface area (Å²) in [6.07, 6.45) is -0.519. The fraction of sp³-hybridized carbons (Fsp3) is 0.458. The molecule has 0 bridgehead atoms. The maximum absolute atomic E-state index is 13.4. The molecule has 0 aliphatic carbocycles. The lowest BCUT2D eigenvalue weighted by molar-refractivity contribution is 0.0388. The first-order chi connectivity index (χ1) is 15.6. The van der Waals surface area contributed by atoms with E-state index in [-0.39, 0.29) is 35.9 Å². The van der Waals surface area contributed by atoms with Gasteiger partial charge in [0.2, 0.25) is 10.0 Å². The Balaban J connectivity index is 2.02. The number of carbonyl (C=O) groups excluding carboxylic acids is 1. The molecule has 0 spiro atoms. The molecule has 0 fully saturated rings. The van der Waals surface area contributed by atoms with Gasteiger partial charge in [-0.3, -0.25) is 4.79 Å². The third kappa shape index (κ3) is 5.15. The van der Waals surface area contributed by atoms with E-state index in [1.54, 1.807) is 54.3 Å². The number of hydrogen-bond donors (Lipinski definition) is 1. The number of carbonyl (C=O) groups is 1. The molecule has 1 aliphatic rings. The van der Waals surface area contributed by atoms with Crippen molar-refractivity contribution in [1.29, 1.82) is 0 Å². The zero-order chi connectivity index (χ0) is 24.3. The van der Waals surface area contributed by atoms with Gasteiger partial charge in [-0.15, -0.1) is 0 Å². The average molecular weight is 476 g/mol. The Kier molecular flexibility index (Phi) is 7.66. The van der Waals surface area contributed by atoms with Gasteiger partial charge in [0.1, 0.15) is 6.10 Å². The van der Waals surface area contributed by atoms with Crippen molar-refractivity contribution in [2.45, 2.75) is 30.9 Å². The lowest BCUT2D eigenvalue weighted by Gasteiger charge is -2.38. The monoisotopic (exact) mass is 475 g/mol. The molecule has 33 heavy (non-hydrogen) atoms. The number of likely N-dealkylation sites (N-methyl/N-ethyl adjacent to an activating group) is 1. The Morgan fingerprint density at radius 2 is 1.79 bits per heavy atom. The van der Waals surface area contributed by atoms with Crippen molar-refractivity contribution in [3.05, 3.63) is 54.1 Å². The summed E-state index contributed by atoms with van der Waals surface area (Å²) < 4.78 is 34.0. The number of amides is 1. The highest BCUT2D eigenvalue weighted by atomic mass is 32.2. The van der Waals surface area contributed by atoms with Gasteiger partial charge in [-0.2, -0.15) is 4.31 Å². The molecule has 8 nitrogen and oxygen atoms in total. The van der Waals surface area contributed by atoms with Crippen molar-refractivity contribution >= 4 is 21.6 Å². The number of sulfonamides is 1. The van der Waals surface area contributed by atoms with E-state index < -0.39 is 16.1 Å². The smallest absolute Gasteiger partial charge is 0.258 e. The van der Waals surface area contributed by atoms with Crippen molar-refractivity contribution in [2.75, 3.05) is 45.7 Å². The summed E-state index contributed by atoms with van der Waals surface area (Å²) in [4.78, 5) is 17.1. The van der Waals surface area contributed by atoms with E-state index in [4.69, 9.17) is 4.74 Å². The maximum Gasteiger partial charge on any atom is 0.258 e. The number of hydrogen-bond acceptors (Lipinski definition) is 6. The van der Waals surface area contributed by atoms with E-state index in [9.17, 15) is 18.3 Å². The maximum atomic E-state index is 13.4. The minimum absolute atomic E-state index is 0.106. The largest absolute Gasteiger partial charge is 0.486 e. The van der Waals surface area contributed by atoms with Crippen molar-refractivity contribution in [3.63, 3.8) is 0 Å². The minimum Gasteiger partial charge on any atom is -0.486 e. The van der Waals surface area contributed by atoms with Gasteiger partial charge < -0.3 is 19.6 Å². The van der Waals surface area contributed by atoms with Crippen molar-refractivity contribution in [1.82, 2.24) is 9.21 Å². The standard InChI is InChI=1S/C24H33N3O5S/c1-17-14-27(18(2)16-28)24(29)20-12-9-13-21(25(3)4)23(20)32-22(17)15-26(5)33(30,31)19-10-7-6-8-11-19/h6-13,17-18,22,28H,14-16H2,1-5H3/t17-,18-,22+/m0/s1. The van der Waals surface area contributed by atoms with Crippen molar-refractivity contribution < 1.29 is 23.1 Å². The van der Waals surface area contributed by atoms with E-state index in [0.29, 0.717) is 17.9 Å². The van der Waals surface area contributed by atoms with Gasteiger partial charge in [-0.1, -0.05) is 31.2 Å². The van der Waals surface area contributed by atoms with Crippen LogP contribution in [0.25, 0.3) is 0 Å². The average Bonchev–Trinajstić information content (AvgIpc) is 2.80. The molecule has 2 aromatic carbocycles. The van der Waals surface area contributed by atoms with Crippen LogP contribution in [0.3, 0.4) is 0 Å². The summed E-state index contributed by atoms with van der Waals surface area (Å²) in [5.74, 6) is 0.00949. The van der Waals surface area contributed by atoms with Crippen LogP contribution in [0.5, 0.6) is 5.75 Å². The number of benzene rings is 2. The second-order valence-electron chi connectivity index (χ2n) is 8.77. The van der Waals surface area contributed by atoms with Crippen LogP contribution in [0.2, 0.25) is 0 Å². The van der Waals surface area contributed by atoms with Crippen LogP contribution in [0, 0.1) is 5.92 Å². The third-order valence-electron chi connectivity index (χ3n) is 6.04. The molecule has 2 aromatic rings. The summed E-state index contributed by atoms with van der Waals surface area (Å²) in [5, 5.41) is 9.77. The van der Waals surface area contributed by atoms with Gasteiger partial charge in [-0.25, -0.2) is 8.42 Å². The topological polar surface area (TPSA) is 90.4 Å². The number of aliphatic hydroxyl groups is 1. The first kappa shape index (κ1) is 25.0. The van der Waals surface area contributed by atoms with Gasteiger partial charge in [0.25, 0.3) is 5.91 Å². The first-order valence-electron chi connectivity index (χ1n) is 11.0. The van der Waals surface area contributed by atoms with Crippen molar-refractivity contribution in [2.24, 2.45) is 5.92 Å². The van der Waals surface area contributed by atoms with Crippen LogP contribution in [-0.4, -0.2) is 81.6 Å². The van der Waals surface area contributed by atoms with Crippen molar-refractivity contribution in [3.8, 4) is 5.75 Å². The Morgan fingerprint density at radius 3 is 2.39 bits per heavy atom. The summed E-state index contributed by atoms with van der Waals surface area (Å²) in [6, 6.07) is 13.3. The molecule has 3 rings (SSSR count). The number of rotatable bonds is 7. The molecule has 1 N–H and O–H groups in total. The molecule has 0 saturated heterocycles. The SMILES string of the molecule is C[C@H]1CN([C@@H](C)CO)C(=O)c2cccc(N(C)C)c2O[C@@H]1CN(C)S(=O)(=O)c1ccccc1. The molecule has 1 aliphatic heterocycles. The first-order valence-corrected chi connectivity index (χ1v) is 12.4. The number of nitrogens with zero attached hydrogens (tertiary/aromatic N) is 3. The molecule has 0 unspecified atom stereocenters. The Labute approximate surface area is 196 Å². The zero-order valence-corrected chi connectivity index (χ0v) is 20.6. The predicted octanol–water partition coefficient (Wildman–Crippen LogP) is 2.29. The molecule has 0 saturated carbocycles. The fourth-order valence-electron chi connectivity index (χ4n) is 3.92. The lowest BCUT2D eigenvalue weighted by Crippen LogP contribution is -2.50. The highest BCUT2D eigenvalue weighted by Gasteiger charge is 2.36. The Morgan fingerprint density at radius 1 is 1.12 bits per heavy atom. The molecule has 1 heterocycles. The van der Waals surface area contributed by atoms with Crippen LogP contribution >= 0.6 is 0 Å². The number of para-hydroxylation sites is 1. The quantitative estimate of drug-likeness (QED) is 0.661. The van der Waals surface area contributed by atoms with Crippen LogP contribution in [0.4, 0.5) is 5.69 Å². The summed E-state index contributed by atoms with van der Waals surface area (Å²) in [7, 11) is 1.55. The zero-order valence-electron chi connectivity index (χ0n) is 19.8. The Hall–Kier alpha value is -2.62. The van der Waals surface area contributed by atoms with Crippen LogP contribution in [-0.2, 0) is 10.0 Å². The molecular weight excluding hydrogens is 442 g/mol. The molecule has 1 amide bonds. The number of aliphatic hydroxyl groups excluding tert-OH is 1. The summed E-state index contributed by atoms with van der Waals surface area (Å²) in [6.45, 7) is 3.99. The normalized spacial score (nSPS) is 20.0. The number of ether oxygens (including phenoxy) is 1. The highest BCUT2D eigenvalue weighted by molar-refractivity contribution is 7.89. The second-order valence-corrected chi connectivity index (χ2v) is 10.8. The Bertz CT molecular complexity index is 1070. The molecular formula is C24H33N3O5S. The molecule has 0 aromatic heterocycles. The van der Waals surface area contributed by atoms with E-state index in [1.165, 1.54) is 11.4 Å². The minimum atomic E-state index is -3.71. The van der Waals surface area contributed by atoms with Crippen LogP contribution in [0.15, 0.2) is 53.4 Å². The van der Waals surface area contributed by atoms with Crippen LogP contribution < -0.4 is 9.64 Å². The predicted molar refractivity (Wildman–Crippen MR) is 128 cm³/mol. The number of anilines is 1. The summed E-state index contributed by atoms with van der Waals surface area (Å²) >= 11 is 0.